The molecule has 0 spiro atoms. The van der Waals surface area contributed by atoms with Gasteiger partial charge in [0.1, 0.15) is 0 Å². The summed E-state index contributed by atoms with van der Waals surface area (Å²) in [6.45, 7) is 4.13. The monoisotopic (exact) mass is 216 g/mol. The molecule has 1 aromatic carbocycles. The first-order chi connectivity index (χ1) is 7.57. The molecule has 4 heteroatoms. The number of aliphatic imine (C=N–C) groups is 1. The van der Waals surface area contributed by atoms with Crippen LogP contribution in [0.25, 0.3) is 0 Å². The average Bonchev–Trinajstić information content (AvgIpc) is 2.25. The second-order valence-electron chi connectivity index (χ2n) is 4.31. The first kappa shape index (κ1) is 10.6. The molecule has 0 atom stereocenters. The summed E-state index contributed by atoms with van der Waals surface area (Å²) in [5.41, 5.74) is 1.82. The molecule has 0 aromatic heterocycles. The number of nitrogens with one attached hydrogen (secondary N) is 1. The normalized spacial score (nSPS) is 17.0. The van der Waals surface area contributed by atoms with Gasteiger partial charge in [0.15, 0.2) is 0 Å². The lowest BCUT2D eigenvalue weighted by molar-refractivity contribution is -0.126. The summed E-state index contributed by atoms with van der Waals surface area (Å²) in [7, 11) is 0. The van der Waals surface area contributed by atoms with Crippen LogP contribution < -0.4 is 5.32 Å². The Hall–Kier alpha value is -1.93. The third kappa shape index (κ3) is 1.44. The Labute approximate surface area is 93.4 Å². The number of carbonyl (C=O) groups excluding carboxylic acids is 2. The highest BCUT2D eigenvalue weighted by molar-refractivity contribution is 5.90. The number of fused-ring (bicyclic) bond motifs is 1. The molecule has 82 valence electrons. The summed E-state index contributed by atoms with van der Waals surface area (Å²) in [6, 6.07) is 5.45. The van der Waals surface area contributed by atoms with Crippen molar-refractivity contribution in [3.63, 3.8) is 0 Å². The second kappa shape index (κ2) is 3.58. The lowest BCUT2D eigenvalue weighted by Crippen LogP contribution is -2.44. The van der Waals surface area contributed by atoms with Crippen LogP contribution in [0.3, 0.4) is 0 Å². The van der Waals surface area contributed by atoms with Crippen LogP contribution in [0.1, 0.15) is 25.0 Å². The van der Waals surface area contributed by atoms with Crippen molar-refractivity contribution >= 4 is 17.7 Å². The van der Waals surface area contributed by atoms with Crippen molar-refractivity contribution in [2.24, 2.45) is 4.99 Å². The van der Waals surface area contributed by atoms with E-state index in [1.165, 1.54) is 6.08 Å². The fourth-order valence-corrected chi connectivity index (χ4v) is 2.01. The minimum atomic E-state index is -0.581. The van der Waals surface area contributed by atoms with Crippen LogP contribution in [0.2, 0.25) is 0 Å². The highest BCUT2D eigenvalue weighted by atomic mass is 16.2. The molecule has 0 fully saturated rings. The van der Waals surface area contributed by atoms with E-state index >= 15 is 0 Å². The predicted octanol–water partition coefficient (Wildman–Crippen LogP) is 1.56. The van der Waals surface area contributed by atoms with E-state index in [0.29, 0.717) is 12.2 Å². The van der Waals surface area contributed by atoms with Crippen molar-refractivity contribution in [1.29, 1.82) is 0 Å². The van der Waals surface area contributed by atoms with Crippen LogP contribution in [-0.2, 0) is 21.5 Å². The Morgan fingerprint density at radius 1 is 1.44 bits per heavy atom. The molecule has 0 aliphatic carbocycles. The number of amides is 1. The second-order valence-corrected chi connectivity index (χ2v) is 4.31. The first-order valence-corrected chi connectivity index (χ1v) is 5.06. The number of rotatable bonds is 1. The van der Waals surface area contributed by atoms with Gasteiger partial charge in [-0.2, -0.15) is 4.99 Å². The lowest BCUT2D eigenvalue weighted by atomic mass is 9.78. The van der Waals surface area contributed by atoms with Crippen molar-refractivity contribution in [3.05, 3.63) is 29.3 Å². The van der Waals surface area contributed by atoms with Crippen molar-refractivity contribution in [2.45, 2.75) is 25.8 Å². The largest absolute Gasteiger partial charge is 0.351 e. The topological polar surface area (TPSA) is 58.5 Å². The van der Waals surface area contributed by atoms with Gasteiger partial charge < -0.3 is 5.32 Å². The summed E-state index contributed by atoms with van der Waals surface area (Å²) in [6.07, 6.45) is 1.53. The molecular formula is C12H12N2O2. The van der Waals surface area contributed by atoms with Crippen LogP contribution in [-0.4, -0.2) is 12.0 Å². The number of benzene rings is 1. The smallest absolute Gasteiger partial charge is 0.240 e. The summed E-state index contributed by atoms with van der Waals surface area (Å²) >= 11 is 0. The van der Waals surface area contributed by atoms with Gasteiger partial charge in [0, 0.05) is 12.1 Å². The molecule has 1 aromatic rings. The van der Waals surface area contributed by atoms with Crippen molar-refractivity contribution in [3.8, 4) is 0 Å². The molecule has 0 saturated carbocycles. The van der Waals surface area contributed by atoms with E-state index < -0.39 is 5.41 Å². The number of hydrogen-bond acceptors (Lipinski definition) is 3. The molecule has 1 amide bonds. The summed E-state index contributed by atoms with van der Waals surface area (Å²) in [4.78, 5) is 25.7. The third-order valence-electron chi connectivity index (χ3n) is 2.98. The van der Waals surface area contributed by atoms with Gasteiger partial charge in [0.2, 0.25) is 12.0 Å². The molecular weight excluding hydrogens is 204 g/mol. The fraction of sp³-hybridized carbons (Fsp3) is 0.333. The maximum Gasteiger partial charge on any atom is 0.240 e. The van der Waals surface area contributed by atoms with Gasteiger partial charge in [0.05, 0.1) is 11.1 Å². The van der Waals surface area contributed by atoms with Crippen LogP contribution in [0.15, 0.2) is 23.2 Å². The Bertz CT molecular complexity index is 500. The van der Waals surface area contributed by atoms with E-state index in [-0.39, 0.29) is 5.91 Å². The van der Waals surface area contributed by atoms with Crippen LogP contribution in [0, 0.1) is 0 Å². The standard InChI is InChI=1S/C12H12N2O2/c1-12(2)9-4-3-5-10(14-7-15)8(9)6-13-11(12)16/h3-5H,6H2,1-2H3,(H,13,16). The van der Waals surface area contributed by atoms with Gasteiger partial charge in [-0.1, -0.05) is 12.1 Å². The van der Waals surface area contributed by atoms with Crippen molar-refractivity contribution in [2.75, 3.05) is 0 Å². The van der Waals surface area contributed by atoms with E-state index in [0.717, 1.165) is 11.1 Å². The number of hydrogen-bond donors (Lipinski definition) is 1. The van der Waals surface area contributed by atoms with E-state index in [9.17, 15) is 9.59 Å². The highest BCUT2D eigenvalue weighted by Crippen LogP contribution is 2.35. The molecule has 0 unspecified atom stereocenters. The van der Waals surface area contributed by atoms with Crippen molar-refractivity contribution < 1.29 is 9.59 Å². The summed E-state index contributed by atoms with van der Waals surface area (Å²) in [5.74, 6) is -0.00719. The SMILES string of the molecule is CC1(C)C(=O)NCc2c(N=C=O)cccc21. The zero-order valence-electron chi connectivity index (χ0n) is 9.20. The number of isocyanates is 1. The Morgan fingerprint density at radius 2 is 2.19 bits per heavy atom. The summed E-state index contributed by atoms with van der Waals surface area (Å²) < 4.78 is 0. The zero-order chi connectivity index (χ0) is 11.8. The van der Waals surface area contributed by atoms with Crippen LogP contribution in [0.5, 0.6) is 0 Å². The van der Waals surface area contributed by atoms with E-state index in [2.05, 4.69) is 10.3 Å². The molecule has 2 rings (SSSR count). The maximum absolute atomic E-state index is 11.7. The summed E-state index contributed by atoms with van der Waals surface area (Å²) in [5, 5.41) is 2.80. The van der Waals surface area contributed by atoms with Gasteiger partial charge in [-0.3, -0.25) is 4.79 Å². The molecule has 0 saturated heterocycles. The molecule has 4 nitrogen and oxygen atoms in total. The fourth-order valence-electron chi connectivity index (χ4n) is 2.01. The van der Waals surface area contributed by atoms with Gasteiger partial charge in [-0.15, -0.1) is 0 Å². The van der Waals surface area contributed by atoms with Crippen LogP contribution >= 0.6 is 0 Å². The Kier molecular flexibility index (Phi) is 2.37. The number of carbonyl (C=O) groups is 1. The van der Waals surface area contributed by atoms with Gasteiger partial charge >= 0.3 is 0 Å². The minimum absolute atomic E-state index is 0.00719. The lowest BCUT2D eigenvalue weighted by Gasteiger charge is -2.32. The van der Waals surface area contributed by atoms with E-state index in [1.807, 2.05) is 19.9 Å². The van der Waals surface area contributed by atoms with E-state index in [1.54, 1.807) is 12.1 Å². The Balaban J connectivity index is 2.66. The molecule has 16 heavy (non-hydrogen) atoms. The van der Waals surface area contributed by atoms with E-state index in [4.69, 9.17) is 0 Å². The molecule has 1 aliphatic heterocycles. The van der Waals surface area contributed by atoms with Crippen molar-refractivity contribution in [1.82, 2.24) is 5.32 Å². The quantitative estimate of drug-likeness (QED) is 0.572. The van der Waals surface area contributed by atoms with Gasteiger partial charge in [-0.05, 0) is 25.5 Å². The molecule has 1 N–H and O–H groups in total. The molecule has 0 bridgehead atoms. The minimum Gasteiger partial charge on any atom is -0.351 e. The molecule has 1 aliphatic rings. The number of nitrogens with zero attached hydrogens (tertiary/aromatic N) is 1. The third-order valence-corrected chi connectivity index (χ3v) is 2.98. The Morgan fingerprint density at radius 3 is 2.88 bits per heavy atom. The van der Waals surface area contributed by atoms with Gasteiger partial charge in [-0.25, -0.2) is 4.79 Å². The highest BCUT2D eigenvalue weighted by Gasteiger charge is 2.36. The van der Waals surface area contributed by atoms with Crippen LogP contribution in [0.4, 0.5) is 5.69 Å². The van der Waals surface area contributed by atoms with Gasteiger partial charge in [0.25, 0.3) is 0 Å². The average molecular weight is 216 g/mol. The maximum atomic E-state index is 11.7. The zero-order valence-corrected chi connectivity index (χ0v) is 9.20. The predicted molar refractivity (Wildman–Crippen MR) is 59.1 cm³/mol. The molecule has 0 radical (unpaired) electrons. The first-order valence-electron chi connectivity index (χ1n) is 5.06. The molecule has 1 heterocycles.